The van der Waals surface area contributed by atoms with Gasteiger partial charge >= 0.3 is 6.18 Å². The van der Waals surface area contributed by atoms with Crippen LogP contribution >= 0.6 is 11.6 Å². The van der Waals surface area contributed by atoms with E-state index < -0.39 is 27.7 Å². The molecular weight excluding hydrogens is 527 g/mol. The maximum absolute atomic E-state index is 13.0. The highest BCUT2D eigenvalue weighted by Gasteiger charge is 2.30. The molecule has 0 radical (unpaired) electrons. The fourth-order valence-electron chi connectivity index (χ4n) is 3.92. The van der Waals surface area contributed by atoms with E-state index in [1.54, 1.807) is 24.3 Å². The third-order valence-corrected chi connectivity index (χ3v) is 7.36. The number of alkyl halides is 3. The van der Waals surface area contributed by atoms with Gasteiger partial charge in [-0.3, -0.25) is 9.52 Å². The molecule has 188 valence electrons. The van der Waals surface area contributed by atoms with Gasteiger partial charge in [-0.1, -0.05) is 11.6 Å². The second-order valence-electron chi connectivity index (χ2n) is 8.18. The summed E-state index contributed by atoms with van der Waals surface area (Å²) in [6.45, 7) is 0. The molecule has 0 unspecified atom stereocenters. The Balaban J connectivity index is 1.47. The molecule has 11 heteroatoms. The van der Waals surface area contributed by atoms with Gasteiger partial charge < -0.3 is 9.88 Å². The van der Waals surface area contributed by atoms with Crippen LogP contribution in [0.2, 0.25) is 5.02 Å². The van der Waals surface area contributed by atoms with Gasteiger partial charge in [0.25, 0.3) is 15.9 Å². The second-order valence-corrected chi connectivity index (χ2v) is 10.3. The van der Waals surface area contributed by atoms with Gasteiger partial charge in [-0.2, -0.15) is 13.2 Å². The number of rotatable bonds is 5. The zero-order valence-corrected chi connectivity index (χ0v) is 20.3. The molecule has 37 heavy (non-hydrogen) atoms. The van der Waals surface area contributed by atoms with Gasteiger partial charge in [-0.15, -0.1) is 0 Å². The van der Waals surface area contributed by atoms with Gasteiger partial charge in [0.2, 0.25) is 0 Å². The van der Waals surface area contributed by atoms with Crippen molar-refractivity contribution >= 4 is 50.6 Å². The lowest BCUT2D eigenvalue weighted by molar-refractivity contribution is -0.137. The maximum atomic E-state index is 13.0. The summed E-state index contributed by atoms with van der Waals surface area (Å²) in [5.74, 6) is -0.399. The summed E-state index contributed by atoms with van der Waals surface area (Å²) in [6.07, 6.45) is -1.07. The molecule has 0 aliphatic carbocycles. The monoisotopic (exact) mass is 543 g/mol. The lowest BCUT2D eigenvalue weighted by Gasteiger charge is -2.11. The molecule has 0 spiro atoms. The predicted octanol–water partition coefficient (Wildman–Crippen LogP) is 6.44. The number of carbonyl (C=O) groups is 1. The van der Waals surface area contributed by atoms with Crippen molar-refractivity contribution in [2.75, 3.05) is 10.0 Å². The number of anilines is 2. The number of sulfonamides is 1. The molecule has 6 nitrogen and oxygen atoms in total. The SMILES string of the molecule is O=C1Nc2ccc(S(=O)(=O)Nc3ccc(C(F)(F)F)cc3)cc2C1=Cc1cccn1-c1ccc(Cl)cc1. The number of carbonyl (C=O) groups excluding carboxylic acids is 1. The molecule has 5 rings (SSSR count). The van der Waals surface area contributed by atoms with Crippen molar-refractivity contribution in [1.82, 2.24) is 4.57 Å². The molecule has 0 atom stereocenters. The predicted molar refractivity (Wildman–Crippen MR) is 136 cm³/mol. The Morgan fingerprint density at radius 3 is 2.32 bits per heavy atom. The molecule has 1 amide bonds. The standard InChI is InChI=1S/C26H17ClF3N3O3S/c27-17-5-9-19(10-6-17)33-13-1-2-20(33)14-23-22-15-21(11-12-24(22)31-25(23)34)37(35,36)32-18-7-3-16(4-8-18)26(28,29)30/h1-15,32H,(H,31,34). The van der Waals surface area contributed by atoms with Crippen LogP contribution in [-0.2, 0) is 21.0 Å². The molecule has 0 bridgehead atoms. The summed E-state index contributed by atoms with van der Waals surface area (Å²) in [4.78, 5) is 12.6. The van der Waals surface area contributed by atoms with Crippen molar-refractivity contribution < 1.29 is 26.4 Å². The number of hydrogen-bond donors (Lipinski definition) is 2. The van der Waals surface area contributed by atoms with Gasteiger partial charge in [-0.25, -0.2) is 8.42 Å². The first-order valence-electron chi connectivity index (χ1n) is 10.8. The second kappa shape index (κ2) is 9.13. The highest BCUT2D eigenvalue weighted by atomic mass is 35.5. The quantitative estimate of drug-likeness (QED) is 0.284. The minimum Gasteiger partial charge on any atom is -0.321 e. The summed E-state index contributed by atoms with van der Waals surface area (Å²) >= 11 is 5.98. The van der Waals surface area contributed by atoms with E-state index in [9.17, 15) is 26.4 Å². The van der Waals surface area contributed by atoms with Crippen LogP contribution in [0, 0.1) is 0 Å². The largest absolute Gasteiger partial charge is 0.416 e. The normalized spacial score (nSPS) is 14.5. The van der Waals surface area contributed by atoms with Crippen molar-refractivity contribution in [2.24, 2.45) is 0 Å². The molecule has 0 saturated heterocycles. The molecule has 1 aromatic heterocycles. The molecule has 0 fully saturated rings. The van der Waals surface area contributed by atoms with Crippen LogP contribution < -0.4 is 10.0 Å². The fourth-order valence-corrected chi connectivity index (χ4v) is 5.13. The zero-order valence-electron chi connectivity index (χ0n) is 18.8. The Kier molecular flexibility index (Phi) is 6.09. The molecule has 0 saturated carbocycles. The first-order chi connectivity index (χ1) is 17.5. The summed E-state index contributed by atoms with van der Waals surface area (Å²) < 4.78 is 68.5. The Bertz CT molecular complexity index is 1640. The third kappa shape index (κ3) is 4.98. The number of nitrogens with one attached hydrogen (secondary N) is 2. The van der Waals surface area contributed by atoms with Crippen LogP contribution in [-0.4, -0.2) is 18.9 Å². The van der Waals surface area contributed by atoms with Gasteiger partial charge in [-0.05, 0) is 84.9 Å². The van der Waals surface area contributed by atoms with E-state index in [-0.39, 0.29) is 16.2 Å². The Labute approximate surface area is 215 Å². The molecule has 2 heterocycles. The average Bonchev–Trinajstić information content (AvgIpc) is 3.43. The summed E-state index contributed by atoms with van der Waals surface area (Å²) in [5.41, 5.74) is 1.65. The first kappa shape index (κ1) is 24.7. The van der Waals surface area contributed by atoms with E-state index >= 15 is 0 Å². The van der Waals surface area contributed by atoms with Crippen LogP contribution in [0.15, 0.2) is 90.0 Å². The van der Waals surface area contributed by atoms with E-state index in [0.717, 1.165) is 30.0 Å². The summed E-state index contributed by atoms with van der Waals surface area (Å²) in [7, 11) is -4.16. The van der Waals surface area contributed by atoms with Crippen LogP contribution in [0.1, 0.15) is 16.8 Å². The third-order valence-electron chi connectivity index (χ3n) is 5.73. The van der Waals surface area contributed by atoms with Crippen molar-refractivity contribution in [3.63, 3.8) is 0 Å². The topological polar surface area (TPSA) is 80.2 Å². The minimum atomic E-state index is -4.53. The zero-order chi connectivity index (χ0) is 26.4. The highest BCUT2D eigenvalue weighted by Crippen LogP contribution is 2.36. The number of aromatic nitrogens is 1. The lowest BCUT2D eigenvalue weighted by Crippen LogP contribution is -2.13. The molecule has 1 aliphatic rings. The minimum absolute atomic E-state index is 0.0285. The van der Waals surface area contributed by atoms with E-state index in [2.05, 4.69) is 10.0 Å². The lowest BCUT2D eigenvalue weighted by atomic mass is 10.1. The molecular formula is C26H17ClF3N3O3S. The van der Waals surface area contributed by atoms with E-state index in [4.69, 9.17) is 11.6 Å². The van der Waals surface area contributed by atoms with Crippen molar-refractivity contribution in [3.8, 4) is 5.69 Å². The Morgan fingerprint density at radius 2 is 1.65 bits per heavy atom. The Morgan fingerprint density at radius 1 is 0.946 bits per heavy atom. The maximum Gasteiger partial charge on any atom is 0.416 e. The van der Waals surface area contributed by atoms with Gasteiger partial charge in [0.1, 0.15) is 0 Å². The van der Waals surface area contributed by atoms with Crippen LogP contribution in [0.4, 0.5) is 24.5 Å². The summed E-state index contributed by atoms with van der Waals surface area (Å²) in [6, 6.07) is 18.5. The number of hydrogen-bond acceptors (Lipinski definition) is 3. The smallest absolute Gasteiger partial charge is 0.321 e. The van der Waals surface area contributed by atoms with E-state index in [1.807, 2.05) is 29.0 Å². The van der Waals surface area contributed by atoms with Crippen LogP contribution in [0.5, 0.6) is 0 Å². The van der Waals surface area contributed by atoms with E-state index in [0.29, 0.717) is 22.0 Å². The van der Waals surface area contributed by atoms with Gasteiger partial charge in [0.15, 0.2) is 0 Å². The molecule has 3 aromatic carbocycles. The first-order valence-corrected chi connectivity index (χ1v) is 12.7. The van der Waals surface area contributed by atoms with Gasteiger partial charge in [0.05, 0.1) is 16.0 Å². The van der Waals surface area contributed by atoms with Crippen molar-refractivity contribution in [2.45, 2.75) is 11.1 Å². The number of nitrogens with zero attached hydrogens (tertiary/aromatic N) is 1. The van der Waals surface area contributed by atoms with Gasteiger partial charge in [0, 0.05) is 39.5 Å². The highest BCUT2D eigenvalue weighted by molar-refractivity contribution is 7.92. The van der Waals surface area contributed by atoms with Crippen LogP contribution in [0.3, 0.4) is 0 Å². The number of fused-ring (bicyclic) bond motifs is 1. The average molecular weight is 544 g/mol. The number of halogens is 4. The molecule has 4 aromatic rings. The van der Waals surface area contributed by atoms with E-state index in [1.165, 1.54) is 18.2 Å². The Hall–Kier alpha value is -4.02. The van der Waals surface area contributed by atoms with Crippen LogP contribution in [0.25, 0.3) is 17.3 Å². The number of benzene rings is 3. The van der Waals surface area contributed by atoms with Crippen molar-refractivity contribution in [3.05, 3.63) is 107 Å². The number of amides is 1. The summed E-state index contributed by atoms with van der Waals surface area (Å²) in [5, 5.41) is 3.30. The molecule has 1 aliphatic heterocycles. The van der Waals surface area contributed by atoms with Crippen molar-refractivity contribution in [1.29, 1.82) is 0 Å². The molecule has 2 N–H and O–H groups in total. The fraction of sp³-hybridized carbons (Fsp3) is 0.0385.